The second kappa shape index (κ2) is 8.79. The maximum atomic E-state index is 5.75. The summed E-state index contributed by atoms with van der Waals surface area (Å²) in [5, 5.41) is 6.83. The van der Waals surface area contributed by atoms with Gasteiger partial charge in [-0.1, -0.05) is 24.3 Å². The summed E-state index contributed by atoms with van der Waals surface area (Å²) in [7, 11) is 0. The first-order valence-corrected chi connectivity index (χ1v) is 10.7. The Hall–Kier alpha value is -3.35. The average molecular weight is 414 g/mol. The molecule has 158 valence electrons. The van der Waals surface area contributed by atoms with E-state index in [4.69, 9.17) is 15.5 Å². The number of hydrogen-bond acceptors (Lipinski definition) is 6. The van der Waals surface area contributed by atoms with Gasteiger partial charge in [-0.2, -0.15) is 0 Å². The number of ether oxygens (including phenoxy) is 1. The first kappa shape index (κ1) is 19.6. The number of nitrogens with two attached hydrogens (primary N) is 1. The summed E-state index contributed by atoms with van der Waals surface area (Å²) >= 11 is 0. The number of aromatic nitrogens is 1. The van der Waals surface area contributed by atoms with Crippen LogP contribution in [0.3, 0.4) is 0 Å². The van der Waals surface area contributed by atoms with E-state index in [0.29, 0.717) is 6.54 Å². The van der Waals surface area contributed by atoms with Crippen molar-refractivity contribution in [3.8, 4) is 11.1 Å². The lowest BCUT2D eigenvalue weighted by atomic mass is 9.95. The zero-order valence-corrected chi connectivity index (χ0v) is 17.5. The number of fused-ring (bicyclic) bond motifs is 1. The van der Waals surface area contributed by atoms with Crippen molar-refractivity contribution in [2.75, 3.05) is 36.5 Å². The SMILES string of the molecule is NCc1ccc(-c2cnc(Nc3ccc(N4CCOCC4)cc3)c3c2C=CNC3)cc1. The average Bonchev–Trinajstić information content (AvgIpc) is 2.85. The molecular formula is C25H27N5O. The van der Waals surface area contributed by atoms with Crippen molar-refractivity contribution in [2.45, 2.75) is 13.1 Å². The van der Waals surface area contributed by atoms with Crippen LogP contribution < -0.4 is 21.3 Å². The zero-order valence-electron chi connectivity index (χ0n) is 17.5. The van der Waals surface area contributed by atoms with Crippen LogP contribution in [0.15, 0.2) is 60.9 Å². The minimum Gasteiger partial charge on any atom is -0.387 e. The highest BCUT2D eigenvalue weighted by Gasteiger charge is 2.17. The molecule has 2 aromatic carbocycles. The number of morpholine rings is 1. The van der Waals surface area contributed by atoms with E-state index >= 15 is 0 Å². The number of pyridine rings is 1. The minimum atomic E-state index is 0.549. The van der Waals surface area contributed by atoms with E-state index in [1.54, 1.807) is 0 Å². The van der Waals surface area contributed by atoms with Gasteiger partial charge in [-0.15, -0.1) is 0 Å². The molecule has 1 fully saturated rings. The molecule has 2 aliphatic rings. The molecule has 0 amide bonds. The molecule has 0 saturated carbocycles. The van der Waals surface area contributed by atoms with E-state index in [9.17, 15) is 0 Å². The van der Waals surface area contributed by atoms with Crippen molar-refractivity contribution >= 4 is 23.3 Å². The van der Waals surface area contributed by atoms with E-state index < -0.39 is 0 Å². The van der Waals surface area contributed by atoms with Crippen molar-refractivity contribution < 1.29 is 4.74 Å². The predicted octanol–water partition coefficient (Wildman–Crippen LogP) is 3.86. The lowest BCUT2D eigenvalue weighted by molar-refractivity contribution is 0.122. The Balaban J connectivity index is 1.41. The number of benzene rings is 2. The molecule has 6 heteroatoms. The van der Waals surface area contributed by atoms with Gasteiger partial charge in [0.15, 0.2) is 0 Å². The van der Waals surface area contributed by atoms with E-state index in [0.717, 1.165) is 61.0 Å². The van der Waals surface area contributed by atoms with Crippen LogP contribution in [-0.4, -0.2) is 31.3 Å². The van der Waals surface area contributed by atoms with Gasteiger partial charge in [0.05, 0.1) is 13.2 Å². The standard InChI is InChI=1S/C25H27N5O/c26-15-18-1-3-19(4-2-18)23-17-28-25(24-16-27-10-9-22(23)24)29-20-5-7-21(8-6-20)30-11-13-31-14-12-30/h1-10,17,27H,11-16,26H2,(H,28,29). The van der Waals surface area contributed by atoms with E-state index in [1.807, 2.05) is 12.4 Å². The molecule has 6 nitrogen and oxygen atoms in total. The molecule has 3 heterocycles. The Labute approximate surface area is 182 Å². The molecule has 5 rings (SSSR count). The third kappa shape index (κ3) is 4.13. The van der Waals surface area contributed by atoms with Crippen molar-refractivity contribution in [3.05, 3.63) is 77.6 Å². The smallest absolute Gasteiger partial charge is 0.135 e. The van der Waals surface area contributed by atoms with Gasteiger partial charge in [0, 0.05) is 54.9 Å². The van der Waals surface area contributed by atoms with E-state index in [-0.39, 0.29) is 0 Å². The molecule has 3 aromatic rings. The summed E-state index contributed by atoms with van der Waals surface area (Å²) in [5.41, 5.74) is 13.8. The normalized spacial score (nSPS) is 15.3. The molecule has 0 unspecified atom stereocenters. The summed E-state index contributed by atoms with van der Waals surface area (Å²) in [4.78, 5) is 7.14. The van der Waals surface area contributed by atoms with Crippen LogP contribution in [0, 0.1) is 0 Å². The maximum Gasteiger partial charge on any atom is 0.135 e. The number of nitrogens with one attached hydrogen (secondary N) is 2. The summed E-state index contributed by atoms with van der Waals surface area (Å²) < 4.78 is 5.45. The molecule has 1 saturated heterocycles. The number of hydrogen-bond donors (Lipinski definition) is 3. The molecule has 31 heavy (non-hydrogen) atoms. The fourth-order valence-corrected chi connectivity index (χ4v) is 4.11. The second-order valence-electron chi connectivity index (χ2n) is 7.80. The van der Waals surface area contributed by atoms with Crippen molar-refractivity contribution in [3.63, 3.8) is 0 Å². The first-order chi connectivity index (χ1) is 15.3. The van der Waals surface area contributed by atoms with Crippen LogP contribution in [0.5, 0.6) is 0 Å². The first-order valence-electron chi connectivity index (χ1n) is 10.7. The Bertz CT molecular complexity index is 1070. The molecule has 0 aliphatic carbocycles. The number of rotatable bonds is 5. The second-order valence-corrected chi connectivity index (χ2v) is 7.80. The summed E-state index contributed by atoms with van der Waals surface area (Å²) in [6.45, 7) is 4.74. The van der Waals surface area contributed by atoms with Gasteiger partial charge in [0.25, 0.3) is 0 Å². The van der Waals surface area contributed by atoms with Gasteiger partial charge >= 0.3 is 0 Å². The van der Waals surface area contributed by atoms with E-state index in [1.165, 1.54) is 16.8 Å². The highest BCUT2D eigenvalue weighted by atomic mass is 16.5. The molecule has 0 spiro atoms. The Morgan fingerprint density at radius 3 is 2.55 bits per heavy atom. The summed E-state index contributed by atoms with van der Waals surface area (Å²) in [6.07, 6.45) is 6.08. The fraction of sp³-hybridized carbons (Fsp3) is 0.240. The molecular weight excluding hydrogens is 386 g/mol. The van der Waals surface area contributed by atoms with Crippen LogP contribution in [0.4, 0.5) is 17.2 Å². The van der Waals surface area contributed by atoms with Crippen LogP contribution in [0.25, 0.3) is 17.2 Å². The molecule has 4 N–H and O–H groups in total. The Kier molecular flexibility index (Phi) is 5.56. The monoisotopic (exact) mass is 413 g/mol. The van der Waals surface area contributed by atoms with Crippen LogP contribution >= 0.6 is 0 Å². The Morgan fingerprint density at radius 1 is 1.03 bits per heavy atom. The Morgan fingerprint density at radius 2 is 1.81 bits per heavy atom. The maximum absolute atomic E-state index is 5.75. The lowest BCUT2D eigenvalue weighted by Gasteiger charge is -2.29. The highest BCUT2D eigenvalue weighted by Crippen LogP contribution is 2.33. The van der Waals surface area contributed by atoms with Crippen molar-refractivity contribution in [1.29, 1.82) is 0 Å². The molecule has 1 aromatic heterocycles. The molecule has 0 radical (unpaired) electrons. The van der Waals surface area contributed by atoms with Gasteiger partial charge in [0.2, 0.25) is 0 Å². The third-order valence-electron chi connectivity index (χ3n) is 5.88. The van der Waals surface area contributed by atoms with Crippen LogP contribution in [0.2, 0.25) is 0 Å². The van der Waals surface area contributed by atoms with Gasteiger partial charge < -0.3 is 26.0 Å². The zero-order chi connectivity index (χ0) is 21.0. The topological polar surface area (TPSA) is 75.4 Å². The summed E-state index contributed by atoms with van der Waals surface area (Å²) in [5.74, 6) is 0.883. The van der Waals surface area contributed by atoms with Crippen molar-refractivity contribution in [1.82, 2.24) is 10.3 Å². The van der Waals surface area contributed by atoms with Gasteiger partial charge in [0.1, 0.15) is 5.82 Å². The molecule has 0 atom stereocenters. The molecule has 2 aliphatic heterocycles. The lowest BCUT2D eigenvalue weighted by Crippen LogP contribution is -2.36. The minimum absolute atomic E-state index is 0.549. The largest absolute Gasteiger partial charge is 0.387 e. The van der Waals surface area contributed by atoms with Crippen LogP contribution in [0.1, 0.15) is 16.7 Å². The summed E-state index contributed by atoms with van der Waals surface area (Å²) in [6, 6.07) is 16.9. The molecule has 0 bridgehead atoms. The van der Waals surface area contributed by atoms with Crippen molar-refractivity contribution in [2.24, 2.45) is 5.73 Å². The quantitative estimate of drug-likeness (QED) is 0.590. The third-order valence-corrected chi connectivity index (χ3v) is 5.88. The number of nitrogens with zero attached hydrogens (tertiary/aromatic N) is 2. The van der Waals surface area contributed by atoms with Gasteiger partial charge in [-0.05, 0) is 53.2 Å². The van der Waals surface area contributed by atoms with Gasteiger partial charge in [-0.25, -0.2) is 4.98 Å². The predicted molar refractivity (Wildman–Crippen MR) is 126 cm³/mol. The van der Waals surface area contributed by atoms with E-state index in [2.05, 4.69) is 70.1 Å². The van der Waals surface area contributed by atoms with Gasteiger partial charge in [-0.3, -0.25) is 0 Å². The number of anilines is 3. The highest BCUT2D eigenvalue weighted by molar-refractivity contribution is 5.81. The van der Waals surface area contributed by atoms with Crippen LogP contribution in [-0.2, 0) is 17.8 Å². The fourth-order valence-electron chi connectivity index (χ4n) is 4.11.